The Morgan fingerprint density at radius 1 is 1.44 bits per heavy atom. The van der Waals surface area contributed by atoms with Crippen molar-refractivity contribution in [2.24, 2.45) is 5.92 Å². The number of hydrogen-bond donors (Lipinski definition) is 0. The molecular weight excluding hydrogens is 226 g/mol. The third-order valence-corrected chi connectivity index (χ3v) is 4.97. The monoisotopic (exact) mass is 245 g/mol. The quantitative estimate of drug-likeness (QED) is 0.424. The van der Waals surface area contributed by atoms with Crippen molar-refractivity contribution in [3.05, 3.63) is 0 Å². The maximum absolute atomic E-state index is 12.2. The van der Waals surface area contributed by atoms with E-state index in [0.29, 0.717) is 5.92 Å². The molecule has 2 unspecified atom stereocenters. The predicted molar refractivity (Wildman–Crippen MR) is 62.1 cm³/mol. The van der Waals surface area contributed by atoms with E-state index in [1.807, 2.05) is 25.1 Å². The van der Waals surface area contributed by atoms with Gasteiger partial charge in [-0.3, -0.25) is 4.79 Å². The smallest absolute Gasteiger partial charge is 0.329 e. The van der Waals surface area contributed by atoms with Crippen LogP contribution in [0.25, 0.3) is 0 Å². The summed E-state index contributed by atoms with van der Waals surface area (Å²) in [4.78, 5) is 11.6. The van der Waals surface area contributed by atoms with Gasteiger partial charge in [0.25, 0.3) is 0 Å². The van der Waals surface area contributed by atoms with Gasteiger partial charge in [0.1, 0.15) is 4.75 Å². The molecule has 2 aliphatic rings. The summed E-state index contributed by atoms with van der Waals surface area (Å²) < 4.78 is 18.5. The van der Waals surface area contributed by atoms with Gasteiger partial charge >= 0.3 is 5.97 Å². The zero-order valence-electron chi connectivity index (χ0n) is 10.2. The first kappa shape index (κ1) is 12.2. The van der Waals surface area contributed by atoms with E-state index in [1.165, 1.54) is 7.11 Å². The summed E-state index contributed by atoms with van der Waals surface area (Å²) >= 11 is -1.11. The Labute approximate surface area is 99.6 Å². The summed E-state index contributed by atoms with van der Waals surface area (Å²) in [6.07, 6.45) is 2.30. The fourth-order valence-corrected chi connectivity index (χ4v) is 3.53. The van der Waals surface area contributed by atoms with Crippen LogP contribution in [0.3, 0.4) is 0 Å². The SMILES string of the molecule is COC(=O)[C@H]1C(C2CC2)N1[S@+]([O-])C(C)(C)C. The fraction of sp³-hybridized carbons (Fsp3) is 0.909. The lowest BCUT2D eigenvalue weighted by molar-refractivity contribution is -0.140. The molecule has 4 atom stereocenters. The van der Waals surface area contributed by atoms with E-state index >= 15 is 0 Å². The van der Waals surface area contributed by atoms with Crippen LogP contribution in [0.2, 0.25) is 0 Å². The maximum atomic E-state index is 12.2. The van der Waals surface area contributed by atoms with Crippen LogP contribution >= 0.6 is 0 Å². The number of carbonyl (C=O) groups is 1. The van der Waals surface area contributed by atoms with E-state index in [-0.39, 0.29) is 22.8 Å². The molecule has 0 aromatic carbocycles. The molecule has 0 aromatic rings. The second kappa shape index (κ2) is 3.89. The Kier molecular flexibility index (Phi) is 2.97. The van der Waals surface area contributed by atoms with E-state index in [1.54, 1.807) is 0 Å². The highest BCUT2D eigenvalue weighted by atomic mass is 32.2. The second-order valence-corrected chi connectivity index (χ2v) is 7.66. The number of carbonyl (C=O) groups excluding carboxylic acids is 1. The third-order valence-electron chi connectivity index (χ3n) is 3.06. The molecule has 1 aliphatic carbocycles. The lowest BCUT2D eigenvalue weighted by atomic mass is 10.2. The molecule has 1 heterocycles. The van der Waals surface area contributed by atoms with Crippen LogP contribution < -0.4 is 0 Å². The van der Waals surface area contributed by atoms with Gasteiger partial charge < -0.3 is 9.29 Å². The first-order valence-corrected chi connectivity index (χ1v) is 6.76. The molecule has 5 heteroatoms. The lowest BCUT2D eigenvalue weighted by Crippen LogP contribution is -2.36. The summed E-state index contributed by atoms with van der Waals surface area (Å²) in [5.74, 6) is 0.310. The highest BCUT2D eigenvalue weighted by molar-refractivity contribution is 7.90. The number of esters is 1. The van der Waals surface area contributed by atoms with Gasteiger partial charge in [-0.15, -0.1) is 4.31 Å². The van der Waals surface area contributed by atoms with E-state index in [9.17, 15) is 9.35 Å². The molecule has 1 saturated carbocycles. The van der Waals surface area contributed by atoms with Crippen LogP contribution in [-0.2, 0) is 20.9 Å². The molecule has 92 valence electrons. The van der Waals surface area contributed by atoms with Gasteiger partial charge in [-0.25, -0.2) is 0 Å². The Bertz CT molecular complexity index is 298. The van der Waals surface area contributed by atoms with Crippen molar-refractivity contribution in [2.45, 2.75) is 50.4 Å². The van der Waals surface area contributed by atoms with Crippen molar-refractivity contribution < 1.29 is 14.1 Å². The largest absolute Gasteiger partial charge is 0.597 e. The van der Waals surface area contributed by atoms with Gasteiger partial charge in [0.05, 0.1) is 13.2 Å². The van der Waals surface area contributed by atoms with Gasteiger partial charge in [-0.05, 0) is 39.5 Å². The Balaban J connectivity index is 2.06. The topological polar surface area (TPSA) is 52.4 Å². The molecule has 4 nitrogen and oxygen atoms in total. The van der Waals surface area contributed by atoms with E-state index < -0.39 is 11.4 Å². The van der Waals surface area contributed by atoms with Gasteiger partial charge in [0.2, 0.25) is 0 Å². The molecule has 2 rings (SSSR count). The van der Waals surface area contributed by atoms with E-state index in [2.05, 4.69) is 0 Å². The third kappa shape index (κ3) is 2.08. The maximum Gasteiger partial charge on any atom is 0.329 e. The zero-order chi connectivity index (χ0) is 12.1. The van der Waals surface area contributed by atoms with Gasteiger partial charge in [0, 0.05) is 11.4 Å². The minimum atomic E-state index is -1.11. The predicted octanol–water partition coefficient (Wildman–Crippen LogP) is 1.08. The molecule has 1 aliphatic heterocycles. The molecule has 16 heavy (non-hydrogen) atoms. The van der Waals surface area contributed by atoms with E-state index in [0.717, 1.165) is 12.8 Å². The van der Waals surface area contributed by atoms with Crippen molar-refractivity contribution in [3.63, 3.8) is 0 Å². The average Bonchev–Trinajstić information content (AvgIpc) is 3.03. The molecule has 0 aromatic heterocycles. The first-order valence-electron chi connectivity index (χ1n) is 5.66. The molecule has 0 radical (unpaired) electrons. The molecular formula is C11H19NO3S. The number of methoxy groups -OCH3 is 1. The minimum Gasteiger partial charge on any atom is -0.597 e. The number of hydrogen-bond acceptors (Lipinski definition) is 4. The first-order chi connectivity index (χ1) is 7.38. The summed E-state index contributed by atoms with van der Waals surface area (Å²) in [6, 6.07) is -0.106. The zero-order valence-corrected chi connectivity index (χ0v) is 11.0. The molecule has 1 saturated heterocycles. The summed E-state index contributed by atoms with van der Waals surface area (Å²) in [5, 5.41) is 0. The lowest BCUT2D eigenvalue weighted by Gasteiger charge is -2.24. The Morgan fingerprint density at radius 2 is 2.00 bits per heavy atom. The Morgan fingerprint density at radius 3 is 2.38 bits per heavy atom. The Hall–Kier alpha value is -0.260. The number of nitrogens with zero attached hydrogens (tertiary/aromatic N) is 1. The number of rotatable bonds is 3. The molecule has 0 N–H and O–H groups in total. The van der Waals surface area contributed by atoms with Crippen LogP contribution in [0.1, 0.15) is 33.6 Å². The van der Waals surface area contributed by atoms with Crippen molar-refractivity contribution in [1.82, 2.24) is 4.31 Å². The standard InChI is InChI=1S/C11H19NO3S/c1-11(2,3)16(14)12-8(7-5-6-7)9(12)10(13)15-4/h7-9H,5-6H2,1-4H3/t8?,9-,12?,16-/m1/s1. The highest BCUT2D eigenvalue weighted by Gasteiger charge is 2.67. The van der Waals surface area contributed by atoms with Gasteiger partial charge in [-0.1, -0.05) is 0 Å². The van der Waals surface area contributed by atoms with Gasteiger partial charge in [-0.2, -0.15) is 0 Å². The second-order valence-electron chi connectivity index (χ2n) is 5.52. The van der Waals surface area contributed by atoms with Crippen LogP contribution in [0.4, 0.5) is 0 Å². The van der Waals surface area contributed by atoms with Crippen LogP contribution in [0, 0.1) is 5.92 Å². The summed E-state index contributed by atoms with van der Waals surface area (Å²) in [7, 11) is 1.39. The normalized spacial score (nSPS) is 35.7. The highest BCUT2D eigenvalue weighted by Crippen LogP contribution is 2.50. The summed E-state index contributed by atoms with van der Waals surface area (Å²) in [6.45, 7) is 5.79. The number of ether oxygens (including phenoxy) is 1. The van der Waals surface area contributed by atoms with E-state index in [4.69, 9.17) is 4.74 Å². The molecule has 0 amide bonds. The van der Waals surface area contributed by atoms with Crippen molar-refractivity contribution >= 4 is 17.3 Å². The average molecular weight is 245 g/mol. The summed E-state index contributed by atoms with van der Waals surface area (Å²) in [5.41, 5.74) is 0. The molecule has 0 bridgehead atoms. The minimum absolute atomic E-state index is 0.160. The van der Waals surface area contributed by atoms with Crippen LogP contribution in [0.5, 0.6) is 0 Å². The fourth-order valence-electron chi connectivity index (χ4n) is 2.03. The van der Waals surface area contributed by atoms with Crippen molar-refractivity contribution in [1.29, 1.82) is 0 Å². The van der Waals surface area contributed by atoms with Crippen LogP contribution in [0.15, 0.2) is 0 Å². The van der Waals surface area contributed by atoms with Crippen molar-refractivity contribution in [3.8, 4) is 0 Å². The molecule has 0 spiro atoms. The molecule has 2 fully saturated rings. The van der Waals surface area contributed by atoms with Gasteiger partial charge in [0.15, 0.2) is 6.04 Å². The van der Waals surface area contributed by atoms with Crippen molar-refractivity contribution in [2.75, 3.05) is 7.11 Å². The van der Waals surface area contributed by atoms with Crippen LogP contribution in [-0.4, -0.2) is 38.8 Å².